The van der Waals surface area contributed by atoms with Crippen LogP contribution in [0.15, 0.2) is 0 Å². The maximum atomic E-state index is 12.4. The quantitative estimate of drug-likeness (QED) is 0.699. The van der Waals surface area contributed by atoms with E-state index in [1.54, 1.807) is 4.90 Å². The Balaban J connectivity index is 2.67. The zero-order chi connectivity index (χ0) is 12.9. The molecule has 2 amide bonds. The number of nitrogens with one attached hydrogen (secondary N) is 1. The molecule has 0 bridgehead atoms. The summed E-state index contributed by atoms with van der Waals surface area (Å²) in [6.07, 6.45) is 3.72. The normalized spacial score (nSPS) is 23.6. The van der Waals surface area contributed by atoms with Gasteiger partial charge in [0.1, 0.15) is 0 Å². The van der Waals surface area contributed by atoms with Gasteiger partial charge in [-0.1, -0.05) is 13.3 Å². The molecule has 5 nitrogen and oxygen atoms in total. The van der Waals surface area contributed by atoms with Gasteiger partial charge in [-0.2, -0.15) is 0 Å². The molecule has 1 aliphatic rings. The number of rotatable bonds is 6. The summed E-state index contributed by atoms with van der Waals surface area (Å²) in [5.74, 6) is -0.446. The van der Waals surface area contributed by atoms with Crippen LogP contribution in [0.2, 0.25) is 0 Å². The van der Waals surface area contributed by atoms with Crippen molar-refractivity contribution in [2.75, 3.05) is 19.6 Å². The monoisotopic (exact) mass is 241 g/mol. The average Bonchev–Trinajstić information content (AvgIpc) is 2.71. The van der Waals surface area contributed by atoms with Gasteiger partial charge in [0.15, 0.2) is 0 Å². The molecule has 1 fully saturated rings. The number of amides is 2. The molecule has 0 radical (unpaired) electrons. The van der Waals surface area contributed by atoms with E-state index in [2.05, 4.69) is 12.2 Å². The molecule has 5 heteroatoms. The maximum Gasteiger partial charge on any atom is 0.243 e. The fourth-order valence-electron chi connectivity index (χ4n) is 2.22. The first-order valence-electron chi connectivity index (χ1n) is 6.32. The van der Waals surface area contributed by atoms with Gasteiger partial charge in [0.2, 0.25) is 11.8 Å². The SMILES string of the molecule is CCCCN(CC(N)=O)C(=O)C1(C)CCCN1. The van der Waals surface area contributed by atoms with E-state index in [9.17, 15) is 9.59 Å². The Labute approximate surface area is 103 Å². The van der Waals surface area contributed by atoms with E-state index in [0.717, 1.165) is 32.2 Å². The highest BCUT2D eigenvalue weighted by Gasteiger charge is 2.38. The molecule has 1 heterocycles. The zero-order valence-electron chi connectivity index (χ0n) is 10.8. The van der Waals surface area contributed by atoms with Crippen LogP contribution in [0.5, 0.6) is 0 Å². The van der Waals surface area contributed by atoms with E-state index in [1.165, 1.54) is 0 Å². The molecule has 1 rings (SSSR count). The van der Waals surface area contributed by atoms with Gasteiger partial charge in [-0.25, -0.2) is 0 Å². The van der Waals surface area contributed by atoms with Gasteiger partial charge in [-0.3, -0.25) is 9.59 Å². The Bertz CT molecular complexity index is 285. The van der Waals surface area contributed by atoms with Crippen molar-refractivity contribution >= 4 is 11.8 Å². The van der Waals surface area contributed by atoms with Crippen molar-refractivity contribution in [1.29, 1.82) is 0 Å². The molecule has 0 aromatic rings. The fraction of sp³-hybridized carbons (Fsp3) is 0.833. The molecule has 98 valence electrons. The molecular weight excluding hydrogens is 218 g/mol. The summed E-state index contributed by atoms with van der Waals surface area (Å²) in [6.45, 7) is 5.46. The number of carbonyl (C=O) groups is 2. The van der Waals surface area contributed by atoms with Gasteiger partial charge >= 0.3 is 0 Å². The highest BCUT2D eigenvalue weighted by atomic mass is 16.2. The van der Waals surface area contributed by atoms with E-state index in [0.29, 0.717) is 6.54 Å². The fourth-order valence-corrected chi connectivity index (χ4v) is 2.22. The van der Waals surface area contributed by atoms with E-state index in [1.807, 2.05) is 6.92 Å². The summed E-state index contributed by atoms with van der Waals surface area (Å²) in [5, 5.41) is 3.22. The lowest BCUT2D eigenvalue weighted by molar-refractivity contribution is -0.140. The van der Waals surface area contributed by atoms with Crippen LogP contribution in [0.3, 0.4) is 0 Å². The summed E-state index contributed by atoms with van der Waals surface area (Å²) in [4.78, 5) is 25.0. The molecule has 0 spiro atoms. The third-order valence-corrected chi connectivity index (χ3v) is 3.26. The molecule has 1 saturated heterocycles. The molecular formula is C12H23N3O2. The van der Waals surface area contributed by atoms with E-state index in [-0.39, 0.29) is 12.5 Å². The standard InChI is InChI=1S/C12H23N3O2/c1-3-4-8-15(9-10(13)16)11(17)12(2)6-5-7-14-12/h14H,3-9H2,1-2H3,(H2,13,16). The van der Waals surface area contributed by atoms with Crippen molar-refractivity contribution < 1.29 is 9.59 Å². The molecule has 1 atom stereocenters. The second kappa shape index (κ2) is 6.00. The van der Waals surface area contributed by atoms with Gasteiger partial charge in [0.05, 0.1) is 12.1 Å². The second-order valence-electron chi connectivity index (χ2n) is 4.91. The topological polar surface area (TPSA) is 75.4 Å². The Kier molecular flexibility index (Phi) is 4.93. The lowest BCUT2D eigenvalue weighted by Gasteiger charge is -2.31. The smallest absolute Gasteiger partial charge is 0.243 e. The summed E-state index contributed by atoms with van der Waals surface area (Å²) < 4.78 is 0. The number of nitrogens with two attached hydrogens (primary N) is 1. The van der Waals surface area contributed by atoms with Crippen LogP contribution < -0.4 is 11.1 Å². The molecule has 1 unspecified atom stereocenters. The molecule has 17 heavy (non-hydrogen) atoms. The number of carbonyl (C=O) groups excluding carboxylic acids is 2. The number of hydrogen-bond donors (Lipinski definition) is 2. The molecule has 3 N–H and O–H groups in total. The van der Waals surface area contributed by atoms with Crippen molar-refractivity contribution in [3.8, 4) is 0 Å². The van der Waals surface area contributed by atoms with Gasteiger partial charge in [0.25, 0.3) is 0 Å². The molecule has 0 saturated carbocycles. The van der Waals surface area contributed by atoms with Crippen LogP contribution in [0.4, 0.5) is 0 Å². The highest BCUT2D eigenvalue weighted by Crippen LogP contribution is 2.21. The van der Waals surface area contributed by atoms with Crippen molar-refractivity contribution in [3.05, 3.63) is 0 Å². The van der Waals surface area contributed by atoms with Gasteiger partial charge < -0.3 is 16.0 Å². The van der Waals surface area contributed by atoms with Crippen LogP contribution in [0.25, 0.3) is 0 Å². The number of primary amides is 1. The van der Waals surface area contributed by atoms with E-state index >= 15 is 0 Å². The number of hydrogen-bond acceptors (Lipinski definition) is 3. The van der Waals surface area contributed by atoms with Crippen molar-refractivity contribution in [1.82, 2.24) is 10.2 Å². The largest absolute Gasteiger partial charge is 0.368 e. The summed E-state index contributed by atoms with van der Waals surface area (Å²) in [5.41, 5.74) is 4.68. The van der Waals surface area contributed by atoms with Gasteiger partial charge in [-0.15, -0.1) is 0 Å². The first kappa shape index (κ1) is 14.0. The minimum Gasteiger partial charge on any atom is -0.368 e. The van der Waals surface area contributed by atoms with Gasteiger partial charge in [-0.05, 0) is 32.7 Å². The van der Waals surface area contributed by atoms with E-state index in [4.69, 9.17) is 5.73 Å². The minimum atomic E-state index is -0.511. The molecule has 0 aromatic carbocycles. The molecule has 0 aliphatic carbocycles. The second-order valence-corrected chi connectivity index (χ2v) is 4.91. The number of nitrogens with zero attached hydrogens (tertiary/aromatic N) is 1. The van der Waals surface area contributed by atoms with Crippen LogP contribution in [-0.2, 0) is 9.59 Å². The predicted octanol–water partition coefficient (Wildman–Crippen LogP) is 0.243. The van der Waals surface area contributed by atoms with Gasteiger partial charge in [0, 0.05) is 6.54 Å². The first-order chi connectivity index (χ1) is 7.99. The Morgan fingerprint density at radius 2 is 2.18 bits per heavy atom. The third-order valence-electron chi connectivity index (χ3n) is 3.26. The summed E-state index contributed by atoms with van der Waals surface area (Å²) in [6, 6.07) is 0. The first-order valence-corrected chi connectivity index (χ1v) is 6.32. The molecule has 1 aliphatic heterocycles. The van der Waals surface area contributed by atoms with Crippen LogP contribution in [0.1, 0.15) is 39.5 Å². The summed E-state index contributed by atoms with van der Waals surface area (Å²) >= 11 is 0. The predicted molar refractivity (Wildman–Crippen MR) is 66.3 cm³/mol. The number of unbranched alkanes of at least 4 members (excludes halogenated alkanes) is 1. The van der Waals surface area contributed by atoms with Crippen LogP contribution in [-0.4, -0.2) is 41.9 Å². The van der Waals surface area contributed by atoms with Crippen molar-refractivity contribution in [2.45, 2.75) is 45.1 Å². The third kappa shape index (κ3) is 3.70. The van der Waals surface area contributed by atoms with Crippen molar-refractivity contribution in [3.63, 3.8) is 0 Å². The Morgan fingerprint density at radius 3 is 2.65 bits per heavy atom. The highest BCUT2D eigenvalue weighted by molar-refractivity contribution is 5.89. The van der Waals surface area contributed by atoms with Crippen LogP contribution >= 0.6 is 0 Å². The average molecular weight is 241 g/mol. The lowest BCUT2D eigenvalue weighted by atomic mass is 9.98. The Morgan fingerprint density at radius 1 is 1.47 bits per heavy atom. The van der Waals surface area contributed by atoms with E-state index < -0.39 is 11.4 Å². The maximum absolute atomic E-state index is 12.4. The minimum absolute atomic E-state index is 0.00208. The molecule has 0 aromatic heterocycles. The zero-order valence-corrected chi connectivity index (χ0v) is 10.8. The summed E-state index contributed by atoms with van der Waals surface area (Å²) in [7, 11) is 0. The Hall–Kier alpha value is -1.10. The van der Waals surface area contributed by atoms with Crippen molar-refractivity contribution in [2.24, 2.45) is 5.73 Å². The lowest BCUT2D eigenvalue weighted by Crippen LogP contribution is -2.54. The van der Waals surface area contributed by atoms with Crippen LogP contribution in [0, 0.1) is 0 Å².